The lowest BCUT2D eigenvalue weighted by Crippen LogP contribution is -2.37. The van der Waals surface area contributed by atoms with Gasteiger partial charge in [-0.05, 0) is 44.5 Å². The Morgan fingerprint density at radius 2 is 2.12 bits per heavy atom. The van der Waals surface area contributed by atoms with Gasteiger partial charge in [-0.1, -0.05) is 17.7 Å². The molecule has 17 heavy (non-hydrogen) atoms. The smallest absolute Gasteiger partial charge is 0.127 e. The van der Waals surface area contributed by atoms with Gasteiger partial charge in [0.15, 0.2) is 0 Å². The Kier molecular flexibility index (Phi) is 3.66. The number of nitrogens with one attached hydrogen (secondary N) is 1. The number of benzene rings is 1. The van der Waals surface area contributed by atoms with Crippen molar-refractivity contribution in [2.75, 3.05) is 13.1 Å². The lowest BCUT2D eigenvalue weighted by molar-refractivity contribution is 0.277. The van der Waals surface area contributed by atoms with E-state index in [-0.39, 0.29) is 5.82 Å². The molecule has 1 aliphatic heterocycles. The predicted octanol–water partition coefficient (Wildman–Crippen LogP) is 2.91. The molecule has 1 saturated heterocycles. The fourth-order valence-corrected chi connectivity index (χ4v) is 2.50. The summed E-state index contributed by atoms with van der Waals surface area (Å²) in [4.78, 5) is 0. The SMILES string of the molecule is N#CC1(Cc2c(F)cccc2Cl)CCNCC1. The third-order valence-corrected chi connectivity index (χ3v) is 3.73. The summed E-state index contributed by atoms with van der Waals surface area (Å²) in [5, 5.41) is 13.0. The molecule has 1 aromatic carbocycles. The van der Waals surface area contributed by atoms with Crippen LogP contribution in [-0.2, 0) is 6.42 Å². The van der Waals surface area contributed by atoms with Crippen LogP contribution in [0.4, 0.5) is 4.39 Å². The lowest BCUT2D eigenvalue weighted by Gasteiger charge is -2.31. The van der Waals surface area contributed by atoms with E-state index < -0.39 is 5.41 Å². The van der Waals surface area contributed by atoms with Crippen molar-refractivity contribution in [3.8, 4) is 6.07 Å². The molecule has 4 heteroatoms. The third kappa shape index (κ3) is 2.59. The summed E-state index contributed by atoms with van der Waals surface area (Å²) in [6.07, 6.45) is 1.89. The third-order valence-electron chi connectivity index (χ3n) is 3.37. The summed E-state index contributed by atoms with van der Waals surface area (Å²) in [5.74, 6) is -0.314. The van der Waals surface area contributed by atoms with Crippen LogP contribution in [0.25, 0.3) is 0 Å². The van der Waals surface area contributed by atoms with Crippen molar-refractivity contribution in [1.82, 2.24) is 5.32 Å². The van der Waals surface area contributed by atoms with Gasteiger partial charge in [0.05, 0.1) is 11.5 Å². The van der Waals surface area contributed by atoms with E-state index in [2.05, 4.69) is 11.4 Å². The maximum absolute atomic E-state index is 13.7. The molecule has 1 heterocycles. The number of rotatable bonds is 2. The average Bonchev–Trinajstić information content (AvgIpc) is 2.35. The van der Waals surface area contributed by atoms with E-state index in [9.17, 15) is 9.65 Å². The van der Waals surface area contributed by atoms with Crippen LogP contribution in [0.1, 0.15) is 18.4 Å². The Labute approximate surface area is 105 Å². The molecule has 1 fully saturated rings. The Bertz CT molecular complexity index is 427. The summed E-state index contributed by atoms with van der Waals surface area (Å²) >= 11 is 6.00. The summed E-state index contributed by atoms with van der Waals surface area (Å²) < 4.78 is 13.7. The van der Waals surface area contributed by atoms with Gasteiger partial charge in [-0.3, -0.25) is 0 Å². The molecular formula is C13H14ClFN2. The second kappa shape index (κ2) is 5.03. The monoisotopic (exact) mass is 252 g/mol. The van der Waals surface area contributed by atoms with E-state index in [1.54, 1.807) is 12.1 Å². The molecule has 2 nitrogen and oxygen atoms in total. The number of nitrogens with zero attached hydrogens (tertiary/aromatic N) is 1. The van der Waals surface area contributed by atoms with Gasteiger partial charge in [-0.15, -0.1) is 0 Å². The molecule has 1 aromatic rings. The minimum Gasteiger partial charge on any atom is -0.317 e. The van der Waals surface area contributed by atoms with Gasteiger partial charge in [0, 0.05) is 10.6 Å². The number of hydrogen-bond acceptors (Lipinski definition) is 2. The zero-order valence-electron chi connectivity index (χ0n) is 9.47. The van der Waals surface area contributed by atoms with Crippen molar-refractivity contribution in [3.63, 3.8) is 0 Å². The van der Waals surface area contributed by atoms with Gasteiger partial charge in [0.25, 0.3) is 0 Å². The molecule has 0 saturated carbocycles. The molecule has 0 unspecified atom stereocenters. The van der Waals surface area contributed by atoms with Crippen LogP contribution >= 0.6 is 11.6 Å². The highest BCUT2D eigenvalue weighted by molar-refractivity contribution is 6.31. The van der Waals surface area contributed by atoms with Gasteiger partial charge in [-0.2, -0.15) is 5.26 Å². The molecule has 0 atom stereocenters. The zero-order chi connectivity index (χ0) is 12.3. The van der Waals surface area contributed by atoms with Crippen LogP contribution in [0.2, 0.25) is 5.02 Å². The summed E-state index contributed by atoms with van der Waals surface area (Å²) in [6, 6.07) is 7.01. The maximum Gasteiger partial charge on any atom is 0.127 e. The van der Waals surface area contributed by atoms with Gasteiger partial charge < -0.3 is 5.32 Å². The quantitative estimate of drug-likeness (QED) is 0.879. The number of nitriles is 1. The van der Waals surface area contributed by atoms with Crippen molar-refractivity contribution in [1.29, 1.82) is 5.26 Å². The topological polar surface area (TPSA) is 35.8 Å². The van der Waals surface area contributed by atoms with Gasteiger partial charge in [-0.25, -0.2) is 4.39 Å². The van der Waals surface area contributed by atoms with Crippen LogP contribution in [0.3, 0.4) is 0 Å². The van der Waals surface area contributed by atoms with E-state index in [0.29, 0.717) is 17.0 Å². The van der Waals surface area contributed by atoms with E-state index in [4.69, 9.17) is 11.6 Å². The highest BCUT2D eigenvalue weighted by Gasteiger charge is 2.33. The second-order valence-electron chi connectivity index (χ2n) is 4.52. The lowest BCUT2D eigenvalue weighted by atomic mass is 9.75. The fourth-order valence-electron chi connectivity index (χ4n) is 2.27. The molecule has 0 aromatic heterocycles. The van der Waals surface area contributed by atoms with E-state index >= 15 is 0 Å². The first-order valence-corrected chi connectivity index (χ1v) is 6.09. The van der Waals surface area contributed by atoms with E-state index in [1.165, 1.54) is 6.07 Å². The van der Waals surface area contributed by atoms with Crippen molar-refractivity contribution in [2.45, 2.75) is 19.3 Å². The minimum absolute atomic E-state index is 0.314. The molecule has 90 valence electrons. The summed E-state index contributed by atoms with van der Waals surface area (Å²) in [7, 11) is 0. The summed E-state index contributed by atoms with van der Waals surface area (Å²) in [6.45, 7) is 1.61. The first-order valence-electron chi connectivity index (χ1n) is 5.72. The van der Waals surface area contributed by atoms with Gasteiger partial charge in [0.1, 0.15) is 5.82 Å². The van der Waals surface area contributed by atoms with Crippen molar-refractivity contribution in [3.05, 3.63) is 34.6 Å². The largest absolute Gasteiger partial charge is 0.317 e. The number of halogens is 2. The van der Waals surface area contributed by atoms with Crippen LogP contribution < -0.4 is 5.32 Å². The van der Waals surface area contributed by atoms with Crippen molar-refractivity contribution in [2.24, 2.45) is 5.41 Å². The van der Waals surface area contributed by atoms with Crippen LogP contribution in [0.15, 0.2) is 18.2 Å². The molecule has 1 N–H and O–H groups in total. The molecule has 0 aliphatic carbocycles. The molecule has 0 spiro atoms. The van der Waals surface area contributed by atoms with Crippen LogP contribution in [0.5, 0.6) is 0 Å². The Balaban J connectivity index is 2.27. The fraction of sp³-hybridized carbons (Fsp3) is 0.462. The van der Waals surface area contributed by atoms with Crippen LogP contribution in [-0.4, -0.2) is 13.1 Å². The van der Waals surface area contributed by atoms with Crippen LogP contribution in [0, 0.1) is 22.6 Å². The number of hydrogen-bond donors (Lipinski definition) is 1. The highest BCUT2D eigenvalue weighted by atomic mass is 35.5. The molecular weight excluding hydrogens is 239 g/mol. The van der Waals surface area contributed by atoms with E-state index in [0.717, 1.165) is 25.9 Å². The second-order valence-corrected chi connectivity index (χ2v) is 4.93. The number of piperidine rings is 1. The average molecular weight is 253 g/mol. The standard InChI is InChI=1S/C13H14ClFN2/c14-11-2-1-3-12(15)10(11)8-13(9-16)4-6-17-7-5-13/h1-3,17H,4-8H2. The van der Waals surface area contributed by atoms with E-state index in [1.807, 2.05) is 0 Å². The normalized spacial score (nSPS) is 18.6. The zero-order valence-corrected chi connectivity index (χ0v) is 10.2. The maximum atomic E-state index is 13.7. The van der Waals surface area contributed by atoms with Gasteiger partial charge >= 0.3 is 0 Å². The molecule has 0 radical (unpaired) electrons. The molecule has 0 amide bonds. The molecule has 1 aliphatic rings. The molecule has 0 bridgehead atoms. The highest BCUT2D eigenvalue weighted by Crippen LogP contribution is 2.35. The Hall–Kier alpha value is -1.11. The van der Waals surface area contributed by atoms with Gasteiger partial charge in [0.2, 0.25) is 0 Å². The van der Waals surface area contributed by atoms with Crippen molar-refractivity contribution < 1.29 is 4.39 Å². The Morgan fingerprint density at radius 3 is 2.71 bits per heavy atom. The molecule has 2 rings (SSSR count). The summed E-state index contributed by atoms with van der Waals surface area (Å²) in [5.41, 5.74) is -0.00510. The first-order chi connectivity index (χ1) is 8.17. The Morgan fingerprint density at radius 1 is 1.41 bits per heavy atom. The van der Waals surface area contributed by atoms with Crippen molar-refractivity contribution >= 4 is 11.6 Å². The minimum atomic E-state index is -0.475. The first kappa shape index (κ1) is 12.3. The predicted molar refractivity (Wildman–Crippen MR) is 65.3 cm³/mol.